The molecule has 0 saturated heterocycles. The molecule has 0 amide bonds. The number of carbonyl (C=O) groups is 2. The van der Waals surface area contributed by atoms with Crippen LogP contribution in [0.2, 0.25) is 0 Å². The van der Waals surface area contributed by atoms with Crippen molar-refractivity contribution in [2.75, 3.05) is 12.5 Å². The van der Waals surface area contributed by atoms with Gasteiger partial charge in [0.05, 0.1) is 11.1 Å². The summed E-state index contributed by atoms with van der Waals surface area (Å²) in [5.41, 5.74) is 0.167. The highest BCUT2D eigenvalue weighted by molar-refractivity contribution is 7.97. The quantitative estimate of drug-likeness (QED) is 0.810. The van der Waals surface area contributed by atoms with Crippen LogP contribution in [0.3, 0.4) is 0 Å². The van der Waals surface area contributed by atoms with Crippen molar-refractivity contribution in [2.45, 2.75) is 0 Å². The normalized spacial score (nSPS) is 8.67. The maximum Gasteiger partial charge on any atom is 0.335 e. The molecule has 0 atom stereocenters. The Bertz CT molecular complexity index is 299. The number of carboxylic acids is 2. The first-order chi connectivity index (χ1) is 7.02. The van der Waals surface area contributed by atoms with E-state index in [1.165, 1.54) is 24.3 Å². The summed E-state index contributed by atoms with van der Waals surface area (Å²) in [5.74, 6) is -2.13. The smallest absolute Gasteiger partial charge is 0.335 e. The van der Waals surface area contributed by atoms with Gasteiger partial charge in [0.15, 0.2) is 0 Å². The van der Waals surface area contributed by atoms with Crippen molar-refractivity contribution < 1.29 is 19.8 Å². The fraction of sp³-hybridized carbons (Fsp3) is 0.200. The second kappa shape index (κ2) is 6.89. The first kappa shape index (κ1) is 13.5. The maximum atomic E-state index is 10.3. The summed E-state index contributed by atoms with van der Waals surface area (Å²) >= 11 is 1.75. The molecular weight excluding hydrogens is 216 g/mol. The number of hydrogen-bond acceptors (Lipinski definition) is 3. The summed E-state index contributed by atoms with van der Waals surface area (Å²) in [5, 5.41) is 16.9. The van der Waals surface area contributed by atoms with Crippen LogP contribution in [0, 0.1) is 0 Å². The molecule has 0 bridgehead atoms. The van der Waals surface area contributed by atoms with E-state index in [9.17, 15) is 9.59 Å². The molecule has 1 aromatic rings. The Morgan fingerprint density at radius 2 is 1.13 bits per heavy atom. The van der Waals surface area contributed by atoms with Crippen LogP contribution in [0.5, 0.6) is 0 Å². The zero-order valence-corrected chi connectivity index (χ0v) is 9.25. The number of aromatic carboxylic acids is 2. The Labute approximate surface area is 91.9 Å². The average molecular weight is 228 g/mol. The molecule has 1 rings (SSSR count). The number of benzene rings is 1. The van der Waals surface area contributed by atoms with Gasteiger partial charge >= 0.3 is 11.9 Å². The SMILES string of the molecule is CSC.O=C(O)c1ccc(C(=O)O)cc1. The van der Waals surface area contributed by atoms with Crippen LogP contribution >= 0.6 is 11.8 Å². The minimum Gasteiger partial charge on any atom is -0.478 e. The van der Waals surface area contributed by atoms with Crippen molar-refractivity contribution in [1.82, 2.24) is 0 Å². The standard InChI is InChI=1S/C8H6O4.C2H6S/c9-7(10)5-1-2-6(4-3-5)8(11)12;1-3-2/h1-4H,(H,9,10)(H,11,12);1-2H3. The molecule has 1 aromatic carbocycles. The molecule has 4 nitrogen and oxygen atoms in total. The van der Waals surface area contributed by atoms with Crippen LogP contribution in [0.15, 0.2) is 24.3 Å². The van der Waals surface area contributed by atoms with Gasteiger partial charge < -0.3 is 10.2 Å². The lowest BCUT2D eigenvalue weighted by molar-refractivity contribution is 0.0681. The van der Waals surface area contributed by atoms with E-state index in [2.05, 4.69) is 0 Å². The van der Waals surface area contributed by atoms with E-state index in [1.807, 2.05) is 12.5 Å². The minimum absolute atomic E-state index is 0.0833. The number of rotatable bonds is 2. The summed E-state index contributed by atoms with van der Waals surface area (Å²) in [6, 6.07) is 5.02. The van der Waals surface area contributed by atoms with Crippen molar-refractivity contribution in [3.05, 3.63) is 35.4 Å². The summed E-state index contributed by atoms with van der Waals surface area (Å²) in [6.45, 7) is 0. The zero-order valence-electron chi connectivity index (χ0n) is 8.43. The van der Waals surface area contributed by atoms with Crippen molar-refractivity contribution in [3.63, 3.8) is 0 Å². The molecular formula is C10H12O4S. The van der Waals surface area contributed by atoms with Crippen LogP contribution in [0.4, 0.5) is 0 Å². The maximum absolute atomic E-state index is 10.3. The molecule has 0 fully saturated rings. The van der Waals surface area contributed by atoms with E-state index in [0.29, 0.717) is 0 Å². The number of carboxylic acid groups (broad SMARTS) is 2. The fourth-order valence-corrected chi connectivity index (χ4v) is 0.755. The minimum atomic E-state index is -1.06. The van der Waals surface area contributed by atoms with Gasteiger partial charge in [0.2, 0.25) is 0 Å². The molecule has 0 aliphatic rings. The first-order valence-electron chi connectivity index (χ1n) is 3.99. The summed E-state index contributed by atoms with van der Waals surface area (Å²) < 4.78 is 0. The largest absolute Gasteiger partial charge is 0.478 e. The van der Waals surface area contributed by atoms with Gasteiger partial charge in [-0.1, -0.05) is 0 Å². The van der Waals surface area contributed by atoms with E-state index in [4.69, 9.17) is 10.2 Å². The lowest BCUT2D eigenvalue weighted by Crippen LogP contribution is -1.99. The van der Waals surface area contributed by atoms with Crippen molar-refractivity contribution in [3.8, 4) is 0 Å². The molecule has 2 N–H and O–H groups in total. The molecule has 5 heteroatoms. The third-order valence-corrected chi connectivity index (χ3v) is 1.38. The van der Waals surface area contributed by atoms with E-state index in [1.54, 1.807) is 11.8 Å². The number of thioether (sulfide) groups is 1. The zero-order chi connectivity index (χ0) is 11.8. The van der Waals surface area contributed by atoms with Crippen molar-refractivity contribution in [1.29, 1.82) is 0 Å². The van der Waals surface area contributed by atoms with Gasteiger partial charge in [0.25, 0.3) is 0 Å². The summed E-state index contributed by atoms with van der Waals surface area (Å²) in [6.07, 6.45) is 4.08. The molecule has 0 aliphatic heterocycles. The number of hydrogen-bond donors (Lipinski definition) is 2. The van der Waals surface area contributed by atoms with E-state index in [-0.39, 0.29) is 11.1 Å². The van der Waals surface area contributed by atoms with Crippen LogP contribution in [0.1, 0.15) is 20.7 Å². The Balaban J connectivity index is 0.000000583. The molecule has 0 aromatic heterocycles. The highest BCUT2D eigenvalue weighted by Crippen LogP contribution is 2.03. The lowest BCUT2D eigenvalue weighted by Gasteiger charge is -1.94. The Hall–Kier alpha value is -1.49. The topological polar surface area (TPSA) is 74.6 Å². The molecule has 0 spiro atoms. The Kier molecular flexibility index (Phi) is 6.21. The average Bonchev–Trinajstić information content (AvgIpc) is 2.19. The van der Waals surface area contributed by atoms with Crippen molar-refractivity contribution >= 4 is 23.7 Å². The molecule has 0 aliphatic carbocycles. The summed E-state index contributed by atoms with van der Waals surface area (Å²) in [4.78, 5) is 20.7. The van der Waals surface area contributed by atoms with E-state index in [0.717, 1.165) is 0 Å². The van der Waals surface area contributed by atoms with Crippen molar-refractivity contribution in [2.24, 2.45) is 0 Å². The second-order valence-electron chi connectivity index (χ2n) is 2.60. The molecule has 0 heterocycles. The fourth-order valence-electron chi connectivity index (χ4n) is 0.755. The van der Waals surface area contributed by atoms with Gasteiger partial charge in [-0.25, -0.2) is 9.59 Å². The van der Waals surface area contributed by atoms with Gasteiger partial charge in [-0.15, -0.1) is 0 Å². The predicted molar refractivity (Wildman–Crippen MR) is 59.8 cm³/mol. The molecule has 0 unspecified atom stereocenters. The lowest BCUT2D eigenvalue weighted by atomic mass is 10.1. The van der Waals surface area contributed by atoms with Crippen LogP contribution in [-0.2, 0) is 0 Å². The van der Waals surface area contributed by atoms with Gasteiger partial charge in [0, 0.05) is 0 Å². The van der Waals surface area contributed by atoms with Gasteiger partial charge in [-0.2, -0.15) is 11.8 Å². The highest BCUT2D eigenvalue weighted by Gasteiger charge is 2.04. The molecule has 82 valence electrons. The van der Waals surface area contributed by atoms with Crippen LogP contribution in [-0.4, -0.2) is 34.7 Å². The second-order valence-corrected chi connectivity index (χ2v) is 3.41. The Morgan fingerprint density at radius 1 is 0.933 bits per heavy atom. The molecule has 0 saturated carbocycles. The van der Waals surface area contributed by atoms with E-state index < -0.39 is 11.9 Å². The van der Waals surface area contributed by atoms with Gasteiger partial charge in [-0.05, 0) is 36.8 Å². The third-order valence-electron chi connectivity index (χ3n) is 1.38. The molecule has 15 heavy (non-hydrogen) atoms. The highest BCUT2D eigenvalue weighted by atomic mass is 32.2. The van der Waals surface area contributed by atoms with Gasteiger partial charge in [0.1, 0.15) is 0 Å². The van der Waals surface area contributed by atoms with Gasteiger partial charge in [-0.3, -0.25) is 0 Å². The van der Waals surface area contributed by atoms with Crippen LogP contribution in [0.25, 0.3) is 0 Å². The predicted octanol–water partition coefficient (Wildman–Crippen LogP) is 2.06. The van der Waals surface area contributed by atoms with E-state index >= 15 is 0 Å². The molecule has 0 radical (unpaired) electrons. The first-order valence-corrected chi connectivity index (χ1v) is 5.63. The summed E-state index contributed by atoms with van der Waals surface area (Å²) in [7, 11) is 0. The third kappa shape index (κ3) is 5.07. The van der Waals surface area contributed by atoms with Crippen LogP contribution < -0.4 is 0 Å². The monoisotopic (exact) mass is 228 g/mol. The Morgan fingerprint density at radius 3 is 1.27 bits per heavy atom.